The van der Waals surface area contributed by atoms with Crippen LogP contribution in [0.2, 0.25) is 0 Å². The molecule has 2 aromatic heterocycles. The highest BCUT2D eigenvalue weighted by Gasteiger charge is 2.25. The van der Waals surface area contributed by atoms with Crippen molar-refractivity contribution >= 4 is 28.4 Å². The molecule has 1 N–H and O–H groups in total. The SMILES string of the molecule is CCOC(=O)c1c(Nc2ccc(CC)cc2F)n(C)c(=O)c2ccoc12. The normalized spacial score (nSPS) is 10.9. The summed E-state index contributed by atoms with van der Waals surface area (Å²) in [6.45, 7) is 3.76. The Hall–Kier alpha value is -3.09. The number of carbonyl (C=O) groups is 1. The van der Waals surface area contributed by atoms with Gasteiger partial charge in [0.2, 0.25) is 0 Å². The average molecular weight is 358 g/mol. The second-order valence-corrected chi connectivity index (χ2v) is 5.76. The van der Waals surface area contributed by atoms with Gasteiger partial charge in [-0.2, -0.15) is 0 Å². The molecule has 0 bridgehead atoms. The van der Waals surface area contributed by atoms with Crippen molar-refractivity contribution in [3.63, 3.8) is 0 Å². The fraction of sp³-hybridized carbons (Fsp3) is 0.263. The second kappa shape index (κ2) is 7.03. The Morgan fingerprint density at radius 3 is 2.73 bits per heavy atom. The second-order valence-electron chi connectivity index (χ2n) is 5.76. The number of anilines is 2. The maximum Gasteiger partial charge on any atom is 0.345 e. The van der Waals surface area contributed by atoms with Crippen LogP contribution in [-0.2, 0) is 18.2 Å². The zero-order valence-corrected chi connectivity index (χ0v) is 14.8. The lowest BCUT2D eigenvalue weighted by atomic mass is 10.1. The van der Waals surface area contributed by atoms with Crippen LogP contribution in [-0.4, -0.2) is 17.1 Å². The molecule has 0 saturated carbocycles. The molecule has 26 heavy (non-hydrogen) atoms. The number of rotatable bonds is 5. The lowest BCUT2D eigenvalue weighted by Gasteiger charge is -2.16. The molecule has 6 nitrogen and oxygen atoms in total. The van der Waals surface area contributed by atoms with Gasteiger partial charge in [0.15, 0.2) is 5.58 Å². The van der Waals surface area contributed by atoms with E-state index in [1.165, 1.54) is 30.0 Å². The van der Waals surface area contributed by atoms with Gasteiger partial charge in [0.05, 0.1) is 23.9 Å². The molecule has 0 atom stereocenters. The minimum absolute atomic E-state index is 0.0490. The Morgan fingerprint density at radius 1 is 1.31 bits per heavy atom. The van der Waals surface area contributed by atoms with Gasteiger partial charge in [0, 0.05) is 7.05 Å². The first-order valence-electron chi connectivity index (χ1n) is 8.30. The molecule has 0 aliphatic heterocycles. The number of nitrogens with one attached hydrogen (secondary N) is 1. The van der Waals surface area contributed by atoms with Crippen LogP contribution in [0.5, 0.6) is 0 Å². The van der Waals surface area contributed by atoms with Gasteiger partial charge in [-0.1, -0.05) is 13.0 Å². The molecule has 0 aliphatic carbocycles. The zero-order valence-electron chi connectivity index (χ0n) is 14.8. The Labute approximate surface area is 149 Å². The summed E-state index contributed by atoms with van der Waals surface area (Å²) >= 11 is 0. The number of aryl methyl sites for hydroxylation is 1. The number of fused-ring (bicyclic) bond motifs is 1. The minimum Gasteiger partial charge on any atom is -0.463 e. The summed E-state index contributed by atoms with van der Waals surface area (Å²) in [5.74, 6) is -1.03. The third kappa shape index (κ3) is 2.96. The third-order valence-corrected chi connectivity index (χ3v) is 4.17. The highest BCUT2D eigenvalue weighted by atomic mass is 19.1. The Balaban J connectivity index is 2.21. The molecule has 3 rings (SSSR count). The van der Waals surface area contributed by atoms with E-state index in [4.69, 9.17) is 9.15 Å². The van der Waals surface area contributed by atoms with Gasteiger partial charge in [0.1, 0.15) is 17.2 Å². The topological polar surface area (TPSA) is 73.5 Å². The van der Waals surface area contributed by atoms with Crippen LogP contribution in [0.3, 0.4) is 0 Å². The molecule has 0 fully saturated rings. The quantitative estimate of drug-likeness (QED) is 0.703. The van der Waals surface area contributed by atoms with Gasteiger partial charge in [-0.15, -0.1) is 0 Å². The minimum atomic E-state index is -0.656. The number of esters is 1. The van der Waals surface area contributed by atoms with Gasteiger partial charge in [0.25, 0.3) is 5.56 Å². The van der Waals surface area contributed by atoms with E-state index in [9.17, 15) is 14.0 Å². The standard InChI is InChI=1S/C19H19FN2O4/c1-4-11-6-7-14(13(20)10-11)21-17-15(19(24)25-5-2)16-12(8-9-26-16)18(23)22(17)3/h6-10,21H,4-5H2,1-3H3. The molecule has 136 valence electrons. The molecule has 1 aromatic carbocycles. The maximum absolute atomic E-state index is 14.4. The van der Waals surface area contributed by atoms with Crippen molar-refractivity contribution < 1.29 is 18.3 Å². The lowest BCUT2D eigenvalue weighted by molar-refractivity contribution is 0.0528. The molecule has 7 heteroatoms. The molecule has 0 amide bonds. The van der Waals surface area contributed by atoms with Crippen molar-refractivity contribution in [2.75, 3.05) is 11.9 Å². The van der Waals surface area contributed by atoms with Gasteiger partial charge in [-0.05, 0) is 37.1 Å². The first-order chi connectivity index (χ1) is 12.5. The van der Waals surface area contributed by atoms with Gasteiger partial charge in [-0.3, -0.25) is 9.36 Å². The molecule has 0 radical (unpaired) electrons. The van der Waals surface area contributed by atoms with Crippen LogP contribution in [0.15, 0.2) is 39.7 Å². The monoisotopic (exact) mass is 358 g/mol. The summed E-state index contributed by atoms with van der Waals surface area (Å²) in [5, 5.41) is 3.10. The van der Waals surface area contributed by atoms with Gasteiger partial charge >= 0.3 is 5.97 Å². The summed E-state index contributed by atoms with van der Waals surface area (Å²) in [6.07, 6.45) is 2.03. The Bertz CT molecular complexity index is 1040. The van der Waals surface area contributed by atoms with Crippen LogP contribution in [0.4, 0.5) is 15.9 Å². The van der Waals surface area contributed by atoms with Crippen molar-refractivity contribution in [2.45, 2.75) is 20.3 Å². The number of nitrogens with zero attached hydrogens (tertiary/aromatic N) is 1. The van der Waals surface area contributed by atoms with Gasteiger partial charge in [-0.25, -0.2) is 9.18 Å². The van der Waals surface area contributed by atoms with E-state index in [0.717, 1.165) is 5.56 Å². The highest BCUT2D eigenvalue weighted by Crippen LogP contribution is 2.29. The van der Waals surface area contributed by atoms with E-state index in [-0.39, 0.29) is 40.2 Å². The number of halogens is 1. The molecular weight excluding hydrogens is 339 g/mol. The van der Waals surface area contributed by atoms with Crippen LogP contribution in [0.1, 0.15) is 29.8 Å². The van der Waals surface area contributed by atoms with E-state index in [1.807, 2.05) is 6.92 Å². The molecule has 3 aromatic rings. The number of ether oxygens (including phenoxy) is 1. The number of pyridine rings is 1. The zero-order chi connectivity index (χ0) is 18.8. The average Bonchev–Trinajstić information content (AvgIpc) is 3.10. The lowest BCUT2D eigenvalue weighted by Crippen LogP contribution is -2.23. The highest BCUT2D eigenvalue weighted by molar-refractivity contribution is 6.06. The van der Waals surface area contributed by atoms with Crippen LogP contribution in [0.25, 0.3) is 11.0 Å². The molecule has 0 unspecified atom stereocenters. The smallest absolute Gasteiger partial charge is 0.345 e. The van der Waals surface area contributed by atoms with Crippen molar-refractivity contribution in [3.05, 3.63) is 57.8 Å². The number of aromatic nitrogens is 1. The predicted octanol–water partition coefficient (Wildman–Crippen LogP) is 3.75. The molecule has 0 spiro atoms. The van der Waals surface area contributed by atoms with Crippen LogP contribution < -0.4 is 10.9 Å². The molecule has 2 heterocycles. The fourth-order valence-electron chi connectivity index (χ4n) is 2.78. The summed E-state index contributed by atoms with van der Waals surface area (Å²) in [6, 6.07) is 6.25. The van der Waals surface area contributed by atoms with Crippen LogP contribution >= 0.6 is 0 Å². The van der Waals surface area contributed by atoms with Crippen molar-refractivity contribution in [2.24, 2.45) is 7.05 Å². The largest absolute Gasteiger partial charge is 0.463 e. The first kappa shape index (κ1) is 17.7. The molecule has 0 saturated heterocycles. The predicted molar refractivity (Wildman–Crippen MR) is 96.5 cm³/mol. The first-order valence-corrected chi connectivity index (χ1v) is 8.30. The Kier molecular flexibility index (Phi) is 4.79. The van der Waals surface area contributed by atoms with E-state index >= 15 is 0 Å². The summed E-state index contributed by atoms with van der Waals surface area (Å²) in [7, 11) is 1.50. The van der Waals surface area contributed by atoms with Crippen molar-refractivity contribution in [1.82, 2.24) is 4.57 Å². The van der Waals surface area contributed by atoms with Crippen molar-refractivity contribution in [3.8, 4) is 0 Å². The molecule has 0 aliphatic rings. The number of hydrogen-bond acceptors (Lipinski definition) is 5. The number of carbonyl (C=O) groups excluding carboxylic acids is 1. The van der Waals surface area contributed by atoms with Crippen molar-refractivity contribution in [1.29, 1.82) is 0 Å². The fourth-order valence-corrected chi connectivity index (χ4v) is 2.78. The Morgan fingerprint density at radius 2 is 2.08 bits per heavy atom. The summed E-state index contributed by atoms with van der Waals surface area (Å²) < 4.78 is 26.1. The van der Waals surface area contributed by atoms with E-state index in [2.05, 4.69) is 5.32 Å². The van der Waals surface area contributed by atoms with Crippen LogP contribution in [0, 0.1) is 5.82 Å². The maximum atomic E-state index is 14.4. The summed E-state index contributed by atoms with van der Waals surface area (Å²) in [4.78, 5) is 25.0. The van der Waals surface area contributed by atoms with E-state index in [0.29, 0.717) is 6.42 Å². The summed E-state index contributed by atoms with van der Waals surface area (Å²) in [5.41, 5.74) is 0.783. The van der Waals surface area contributed by atoms with E-state index < -0.39 is 11.8 Å². The number of furan rings is 1. The van der Waals surface area contributed by atoms with Gasteiger partial charge < -0.3 is 14.5 Å². The number of benzene rings is 1. The third-order valence-electron chi connectivity index (χ3n) is 4.17. The number of hydrogen-bond donors (Lipinski definition) is 1. The van der Waals surface area contributed by atoms with E-state index in [1.54, 1.807) is 19.1 Å². The molecular formula is C19H19FN2O4.